The number of amides is 1. The first-order chi connectivity index (χ1) is 8.16. The number of carbonyl (C=O) groups excluding carboxylic acids is 1. The molecule has 0 aromatic carbocycles. The molecule has 17 heavy (non-hydrogen) atoms. The number of aryl methyl sites for hydroxylation is 1. The second-order valence-electron chi connectivity index (χ2n) is 4.76. The average molecular weight is 233 g/mol. The van der Waals surface area contributed by atoms with Crippen LogP contribution in [0.5, 0.6) is 0 Å². The second-order valence-corrected chi connectivity index (χ2v) is 4.76. The van der Waals surface area contributed by atoms with Crippen LogP contribution in [0.15, 0.2) is 18.3 Å². The first-order valence-corrected chi connectivity index (χ1v) is 6.14. The summed E-state index contributed by atoms with van der Waals surface area (Å²) < 4.78 is 0. The Balaban J connectivity index is 1.98. The summed E-state index contributed by atoms with van der Waals surface area (Å²) in [7, 11) is 0. The number of nitrogens with zero attached hydrogens (tertiary/aromatic N) is 1. The quantitative estimate of drug-likeness (QED) is 0.817. The maximum Gasteiger partial charge on any atom is 0.242 e. The fraction of sp³-hybridized carbons (Fsp3) is 0.538. The average Bonchev–Trinajstić information content (AvgIpc) is 2.32. The number of hydrogen-bond donors (Lipinski definition) is 2. The standard InChI is InChI=1S/C13H19N3O/c1-9-5-6-11(15-8-9)16-13(17)12-10(2)4-3-7-14-12/h5-6,8,10,12,14H,3-4,7H2,1-2H3,(H,15,16,17). The molecule has 0 aliphatic carbocycles. The number of aromatic nitrogens is 1. The minimum atomic E-state index is -0.0909. The Bertz CT molecular complexity index is 388. The first-order valence-electron chi connectivity index (χ1n) is 6.14. The Labute approximate surface area is 102 Å². The van der Waals surface area contributed by atoms with Crippen molar-refractivity contribution in [2.75, 3.05) is 11.9 Å². The van der Waals surface area contributed by atoms with E-state index in [0.29, 0.717) is 11.7 Å². The molecule has 1 saturated heterocycles. The van der Waals surface area contributed by atoms with Gasteiger partial charge < -0.3 is 10.6 Å². The molecule has 0 saturated carbocycles. The minimum Gasteiger partial charge on any atom is -0.309 e. The van der Waals surface area contributed by atoms with Crippen molar-refractivity contribution in [3.63, 3.8) is 0 Å². The molecule has 1 aromatic heterocycles. The molecular weight excluding hydrogens is 214 g/mol. The number of pyridine rings is 1. The van der Waals surface area contributed by atoms with Crippen LogP contribution in [0.2, 0.25) is 0 Å². The summed E-state index contributed by atoms with van der Waals surface area (Å²) in [5.41, 5.74) is 1.09. The van der Waals surface area contributed by atoms with E-state index in [1.165, 1.54) is 0 Å². The van der Waals surface area contributed by atoms with Gasteiger partial charge in [-0.3, -0.25) is 4.79 Å². The predicted octanol–water partition coefficient (Wildman–Crippen LogP) is 1.72. The largest absolute Gasteiger partial charge is 0.309 e. The molecule has 1 aliphatic rings. The second kappa shape index (κ2) is 5.27. The van der Waals surface area contributed by atoms with Crippen LogP contribution >= 0.6 is 0 Å². The molecule has 2 rings (SSSR count). The number of nitrogens with one attached hydrogen (secondary N) is 2. The van der Waals surface area contributed by atoms with Gasteiger partial charge in [-0.1, -0.05) is 13.0 Å². The summed E-state index contributed by atoms with van der Waals surface area (Å²) >= 11 is 0. The number of anilines is 1. The highest BCUT2D eigenvalue weighted by Crippen LogP contribution is 2.16. The van der Waals surface area contributed by atoms with E-state index in [1.54, 1.807) is 6.20 Å². The van der Waals surface area contributed by atoms with Gasteiger partial charge in [0.2, 0.25) is 5.91 Å². The number of piperidine rings is 1. The summed E-state index contributed by atoms with van der Waals surface area (Å²) in [4.78, 5) is 16.2. The van der Waals surface area contributed by atoms with Gasteiger partial charge in [-0.25, -0.2) is 4.98 Å². The molecule has 0 bridgehead atoms. The monoisotopic (exact) mass is 233 g/mol. The van der Waals surface area contributed by atoms with Gasteiger partial charge in [-0.2, -0.15) is 0 Å². The lowest BCUT2D eigenvalue weighted by atomic mass is 9.92. The van der Waals surface area contributed by atoms with Crippen LogP contribution in [0.1, 0.15) is 25.3 Å². The van der Waals surface area contributed by atoms with Crippen molar-refractivity contribution in [1.82, 2.24) is 10.3 Å². The molecule has 2 N–H and O–H groups in total. The van der Waals surface area contributed by atoms with Crippen LogP contribution < -0.4 is 10.6 Å². The number of rotatable bonds is 2. The molecule has 4 nitrogen and oxygen atoms in total. The van der Waals surface area contributed by atoms with Gasteiger partial charge in [0.05, 0.1) is 6.04 Å². The fourth-order valence-corrected chi connectivity index (χ4v) is 2.15. The highest BCUT2D eigenvalue weighted by atomic mass is 16.2. The van der Waals surface area contributed by atoms with Crippen LogP contribution in [0.4, 0.5) is 5.82 Å². The molecule has 2 heterocycles. The van der Waals surface area contributed by atoms with E-state index in [4.69, 9.17) is 0 Å². The molecule has 1 aliphatic heterocycles. The first kappa shape index (κ1) is 12.0. The van der Waals surface area contributed by atoms with Crippen molar-refractivity contribution in [2.45, 2.75) is 32.7 Å². The Kier molecular flexibility index (Phi) is 3.74. The predicted molar refractivity (Wildman–Crippen MR) is 67.8 cm³/mol. The van der Waals surface area contributed by atoms with E-state index in [9.17, 15) is 4.79 Å². The Morgan fingerprint density at radius 3 is 3.00 bits per heavy atom. The smallest absolute Gasteiger partial charge is 0.242 e. The van der Waals surface area contributed by atoms with Crippen molar-refractivity contribution in [2.24, 2.45) is 5.92 Å². The Hall–Kier alpha value is -1.42. The SMILES string of the molecule is Cc1ccc(NC(=O)C2NCCCC2C)nc1. The third-order valence-corrected chi connectivity index (χ3v) is 3.21. The molecule has 2 unspecified atom stereocenters. The Morgan fingerprint density at radius 2 is 2.35 bits per heavy atom. The van der Waals surface area contributed by atoms with Crippen molar-refractivity contribution in [3.8, 4) is 0 Å². The zero-order chi connectivity index (χ0) is 12.3. The molecular formula is C13H19N3O. The highest BCUT2D eigenvalue weighted by Gasteiger charge is 2.27. The normalized spacial score (nSPS) is 24.4. The van der Waals surface area contributed by atoms with E-state index < -0.39 is 0 Å². The minimum absolute atomic E-state index is 0.0218. The van der Waals surface area contributed by atoms with Gasteiger partial charge in [0.1, 0.15) is 5.82 Å². The molecule has 0 spiro atoms. The summed E-state index contributed by atoms with van der Waals surface area (Å²) in [5, 5.41) is 6.12. The van der Waals surface area contributed by atoms with Crippen molar-refractivity contribution < 1.29 is 4.79 Å². The number of carbonyl (C=O) groups is 1. The molecule has 2 atom stereocenters. The van der Waals surface area contributed by atoms with Gasteiger partial charge in [0, 0.05) is 6.20 Å². The van der Waals surface area contributed by atoms with Gasteiger partial charge in [-0.05, 0) is 43.9 Å². The third-order valence-electron chi connectivity index (χ3n) is 3.21. The summed E-state index contributed by atoms with van der Waals surface area (Å²) in [6.07, 6.45) is 4.01. The molecule has 4 heteroatoms. The molecule has 1 aromatic rings. The van der Waals surface area contributed by atoms with Crippen molar-refractivity contribution in [1.29, 1.82) is 0 Å². The molecule has 92 valence electrons. The van der Waals surface area contributed by atoms with E-state index in [1.807, 2.05) is 19.1 Å². The summed E-state index contributed by atoms with van der Waals surface area (Å²) in [6, 6.07) is 3.69. The third kappa shape index (κ3) is 3.03. The highest BCUT2D eigenvalue weighted by molar-refractivity contribution is 5.94. The maximum atomic E-state index is 12.0. The lowest BCUT2D eigenvalue weighted by Crippen LogP contribution is -2.48. The van der Waals surface area contributed by atoms with Crippen LogP contribution in [0.25, 0.3) is 0 Å². The van der Waals surface area contributed by atoms with Crippen LogP contribution in [-0.2, 0) is 4.79 Å². The lowest BCUT2D eigenvalue weighted by Gasteiger charge is -2.28. The van der Waals surface area contributed by atoms with Crippen molar-refractivity contribution >= 4 is 11.7 Å². The van der Waals surface area contributed by atoms with Crippen LogP contribution in [0, 0.1) is 12.8 Å². The Morgan fingerprint density at radius 1 is 1.53 bits per heavy atom. The van der Waals surface area contributed by atoms with E-state index in [-0.39, 0.29) is 11.9 Å². The van der Waals surface area contributed by atoms with E-state index in [0.717, 1.165) is 24.9 Å². The lowest BCUT2D eigenvalue weighted by molar-refractivity contribution is -0.119. The van der Waals surface area contributed by atoms with Crippen LogP contribution in [-0.4, -0.2) is 23.5 Å². The van der Waals surface area contributed by atoms with Crippen LogP contribution in [0.3, 0.4) is 0 Å². The number of hydrogen-bond acceptors (Lipinski definition) is 3. The molecule has 1 amide bonds. The van der Waals surface area contributed by atoms with Crippen molar-refractivity contribution in [3.05, 3.63) is 23.9 Å². The maximum absolute atomic E-state index is 12.0. The molecule has 1 fully saturated rings. The van der Waals surface area contributed by atoms with Gasteiger partial charge in [0.15, 0.2) is 0 Å². The zero-order valence-corrected chi connectivity index (χ0v) is 10.4. The zero-order valence-electron chi connectivity index (χ0n) is 10.4. The van der Waals surface area contributed by atoms with Gasteiger partial charge in [0.25, 0.3) is 0 Å². The topological polar surface area (TPSA) is 54.0 Å². The van der Waals surface area contributed by atoms with Gasteiger partial charge >= 0.3 is 0 Å². The summed E-state index contributed by atoms with van der Waals surface area (Å²) in [5.74, 6) is 1.03. The van der Waals surface area contributed by atoms with Gasteiger partial charge in [-0.15, -0.1) is 0 Å². The van der Waals surface area contributed by atoms with E-state index >= 15 is 0 Å². The summed E-state index contributed by atoms with van der Waals surface area (Å²) in [6.45, 7) is 5.01. The molecule has 0 radical (unpaired) electrons. The van der Waals surface area contributed by atoms with E-state index in [2.05, 4.69) is 22.5 Å². The fourth-order valence-electron chi connectivity index (χ4n) is 2.15.